The van der Waals surface area contributed by atoms with Crippen molar-refractivity contribution in [1.82, 2.24) is 21.3 Å². The van der Waals surface area contributed by atoms with E-state index in [2.05, 4.69) is 33.9 Å². The number of hydrogen-bond acceptors (Lipinski definition) is 9. The van der Waals surface area contributed by atoms with Crippen LogP contribution in [-0.4, -0.2) is 77.7 Å². The summed E-state index contributed by atoms with van der Waals surface area (Å²) in [6, 6.07) is -4.46. The van der Waals surface area contributed by atoms with Crippen molar-refractivity contribution in [3.05, 3.63) is 0 Å². The Bertz CT molecular complexity index is 810. The molecule has 0 saturated heterocycles. The van der Waals surface area contributed by atoms with Crippen molar-refractivity contribution in [2.75, 3.05) is 0 Å². The molecule has 4 N–H and O–H groups in total. The summed E-state index contributed by atoms with van der Waals surface area (Å²) in [7, 11) is 0. The highest BCUT2D eigenvalue weighted by Gasteiger charge is 2.31. The molecule has 6 unspecified atom stereocenters. The third-order valence-electron chi connectivity index (χ3n) is 4.47. The first kappa shape index (κ1) is 29.1. The number of esters is 1. The molecule has 0 aliphatic carbocycles. The van der Waals surface area contributed by atoms with E-state index < -0.39 is 71.4 Å². The molecular formula is C21H34N4O8S. The van der Waals surface area contributed by atoms with Gasteiger partial charge in [0, 0.05) is 12.8 Å². The highest BCUT2D eigenvalue weighted by Crippen LogP contribution is 2.08. The topological polar surface area (TPSA) is 177 Å². The van der Waals surface area contributed by atoms with Crippen LogP contribution in [0.15, 0.2) is 0 Å². The fraction of sp³-hybridized carbons (Fsp3) is 0.667. The van der Waals surface area contributed by atoms with Crippen LogP contribution in [0.3, 0.4) is 0 Å². The number of hydrogen-bond donors (Lipinski definition) is 5. The molecular weight excluding hydrogens is 468 g/mol. The van der Waals surface area contributed by atoms with E-state index in [9.17, 15) is 33.6 Å². The molecule has 0 rings (SSSR count). The smallest absolute Gasteiger partial charge is 0.306 e. The van der Waals surface area contributed by atoms with Gasteiger partial charge in [-0.15, -0.1) is 0 Å². The number of rotatable bonds is 15. The van der Waals surface area contributed by atoms with Crippen molar-refractivity contribution >= 4 is 54.8 Å². The van der Waals surface area contributed by atoms with Crippen LogP contribution in [0.5, 0.6) is 0 Å². The number of amides is 4. The molecule has 0 fully saturated rings. The predicted molar refractivity (Wildman–Crippen MR) is 125 cm³/mol. The minimum absolute atomic E-state index is 0.0625. The van der Waals surface area contributed by atoms with E-state index in [0.717, 1.165) is 0 Å². The lowest BCUT2D eigenvalue weighted by atomic mass is 10.1. The second-order valence-corrected chi connectivity index (χ2v) is 8.43. The lowest BCUT2D eigenvalue weighted by Gasteiger charge is -2.25. The lowest BCUT2D eigenvalue weighted by molar-refractivity contribution is -0.153. The Kier molecular flexibility index (Phi) is 13.5. The van der Waals surface area contributed by atoms with Crippen molar-refractivity contribution < 1.29 is 39.7 Å². The summed E-state index contributed by atoms with van der Waals surface area (Å²) in [4.78, 5) is 83.1. The van der Waals surface area contributed by atoms with Crippen molar-refractivity contribution in [1.29, 1.82) is 0 Å². The summed E-state index contributed by atoms with van der Waals surface area (Å²) < 4.78 is 12.3. The maximum atomic E-state index is 12.5. The van der Waals surface area contributed by atoms with Gasteiger partial charge in [-0.1, -0.05) is 6.92 Å². The quantitative estimate of drug-likeness (QED) is 0.105. The third kappa shape index (κ3) is 11.8. The zero-order chi connectivity index (χ0) is 27.3. The van der Waals surface area contributed by atoms with E-state index in [-0.39, 0.29) is 19.3 Å². The van der Waals surface area contributed by atoms with E-state index in [1.165, 1.54) is 27.7 Å². The van der Waals surface area contributed by atoms with Crippen LogP contribution < -0.4 is 21.3 Å². The normalized spacial score (nSPS) is 16.2. The fourth-order valence-electron chi connectivity index (χ4n) is 2.52. The van der Waals surface area contributed by atoms with Crippen molar-refractivity contribution in [3.8, 4) is 0 Å². The number of aldehydes is 2. The number of thiol groups is 1. The molecule has 0 aromatic heterocycles. The Hall–Kier alpha value is -2.96. The zero-order valence-electron chi connectivity index (χ0n) is 20.9. The van der Waals surface area contributed by atoms with Crippen LogP contribution in [-0.2, 0) is 38.3 Å². The van der Waals surface area contributed by atoms with Crippen molar-refractivity contribution in [3.63, 3.8) is 0 Å². The molecule has 0 bridgehead atoms. The maximum absolute atomic E-state index is 12.5. The highest BCUT2D eigenvalue weighted by molar-refractivity contribution is 7.81. The molecule has 0 spiro atoms. The molecule has 0 saturated carbocycles. The molecule has 6 atom stereocenters. The molecule has 0 aromatic carbocycles. The van der Waals surface area contributed by atoms with Crippen molar-refractivity contribution in [2.24, 2.45) is 0 Å². The summed E-state index contributed by atoms with van der Waals surface area (Å²) in [5.41, 5.74) is 0. The average molecular weight is 505 g/mol. The summed E-state index contributed by atoms with van der Waals surface area (Å²) in [6.07, 6.45) is -2.20. The predicted octanol–water partition coefficient (Wildman–Crippen LogP) is -1.20. The second-order valence-electron chi connectivity index (χ2n) is 7.65. The molecule has 0 heterocycles. The summed E-state index contributed by atoms with van der Waals surface area (Å²) in [5.74, 6) is -3.42. The SMILES string of the molecule is [3H]C(=O)C(C)NC(=O)C(CCC(=O)OC(C)C(NC(=O)CC)C(=O)NC(C)C=O)NC(=O)C(C)S. The van der Waals surface area contributed by atoms with Crippen LogP contribution >= 0.6 is 12.6 Å². The Balaban J connectivity index is 5.32. The van der Waals surface area contributed by atoms with Crippen LogP contribution in [0.2, 0.25) is 0 Å². The molecule has 192 valence electrons. The van der Waals surface area contributed by atoms with Gasteiger partial charge in [-0.05, 0) is 34.1 Å². The van der Waals surface area contributed by atoms with E-state index in [4.69, 9.17) is 6.11 Å². The summed E-state index contributed by atoms with van der Waals surface area (Å²) in [6.45, 7) is 7.14. The molecule has 13 heteroatoms. The minimum Gasteiger partial charge on any atom is -0.460 e. The molecule has 12 nitrogen and oxygen atoms in total. The second kappa shape index (κ2) is 15.8. The van der Waals surface area contributed by atoms with Crippen molar-refractivity contribution in [2.45, 2.75) is 89.4 Å². The molecule has 0 aliphatic heterocycles. The first-order valence-corrected chi connectivity index (χ1v) is 11.3. The highest BCUT2D eigenvalue weighted by atomic mass is 32.1. The zero-order valence-corrected chi connectivity index (χ0v) is 20.8. The molecule has 0 aromatic rings. The average Bonchev–Trinajstić information content (AvgIpc) is 2.78. The van der Waals surface area contributed by atoms with Crippen LogP contribution in [0.25, 0.3) is 0 Å². The van der Waals surface area contributed by atoms with Crippen LogP contribution in [0, 0.1) is 0 Å². The van der Waals surface area contributed by atoms with Gasteiger partial charge in [-0.25, -0.2) is 0 Å². The molecule has 0 aliphatic rings. The number of carbonyl (C=O) groups excluding carboxylic acids is 7. The standard InChI is InChI=1S/C21H34N4O8S/c1-6-16(28)25-18(21(32)23-12(3)10-27)13(4)33-17(29)8-7-15(24-19(30)14(5)34)20(31)22-11(2)9-26/h9-15,18,34H,6-8H2,1-5H3,(H,22,31)(H,23,32)(H,24,30)(H,25,28)/i9T. The number of carbonyl (C=O) groups is 7. The van der Waals surface area contributed by atoms with E-state index in [0.29, 0.717) is 6.29 Å². The van der Waals surface area contributed by atoms with E-state index in [1.54, 1.807) is 6.92 Å². The van der Waals surface area contributed by atoms with E-state index >= 15 is 0 Å². The Morgan fingerprint density at radius 3 is 2.00 bits per heavy atom. The molecule has 34 heavy (non-hydrogen) atoms. The van der Waals surface area contributed by atoms with Gasteiger partial charge >= 0.3 is 5.97 Å². The Morgan fingerprint density at radius 1 is 0.912 bits per heavy atom. The number of ether oxygens (including phenoxy) is 1. The van der Waals surface area contributed by atoms with Gasteiger partial charge < -0.3 is 35.6 Å². The van der Waals surface area contributed by atoms with Crippen LogP contribution in [0.1, 0.15) is 55.3 Å². The fourth-order valence-corrected chi connectivity index (χ4v) is 2.60. The molecule has 4 amide bonds. The lowest BCUT2D eigenvalue weighted by Crippen LogP contribution is -2.55. The first-order valence-electron chi connectivity index (χ1n) is 11.3. The van der Waals surface area contributed by atoms with Gasteiger partial charge in [0.2, 0.25) is 23.6 Å². The number of nitrogens with one attached hydrogen (secondary N) is 4. The molecule has 0 radical (unpaired) electrons. The minimum atomic E-state index is -1.28. The van der Waals surface area contributed by atoms with Gasteiger partial charge in [0.05, 0.1) is 17.3 Å². The summed E-state index contributed by atoms with van der Waals surface area (Å²) >= 11 is 3.99. The first-order chi connectivity index (χ1) is 16.2. The van der Waals surface area contributed by atoms with E-state index in [1.807, 2.05) is 0 Å². The monoisotopic (exact) mass is 504 g/mol. The summed E-state index contributed by atoms with van der Waals surface area (Å²) in [5, 5.41) is 8.73. The van der Waals surface area contributed by atoms with Crippen LogP contribution in [0.4, 0.5) is 0 Å². The van der Waals surface area contributed by atoms with Gasteiger partial charge in [0.25, 0.3) is 0 Å². The largest absolute Gasteiger partial charge is 0.460 e. The maximum Gasteiger partial charge on any atom is 0.306 e. The van der Waals surface area contributed by atoms with Gasteiger partial charge in [-0.2, -0.15) is 12.6 Å². The van der Waals surface area contributed by atoms with Gasteiger partial charge in [-0.3, -0.25) is 24.0 Å². The third-order valence-corrected chi connectivity index (χ3v) is 4.70. The van der Waals surface area contributed by atoms with Gasteiger partial charge in [0.15, 0.2) is 0 Å². The van der Waals surface area contributed by atoms with Gasteiger partial charge in [0.1, 0.15) is 32.1 Å². The Labute approximate surface area is 205 Å². The Morgan fingerprint density at radius 2 is 1.50 bits per heavy atom.